The van der Waals surface area contributed by atoms with E-state index in [2.05, 4.69) is 5.32 Å². The van der Waals surface area contributed by atoms with Gasteiger partial charge in [0.05, 0.1) is 0 Å². The fourth-order valence-electron chi connectivity index (χ4n) is 1.83. The summed E-state index contributed by atoms with van der Waals surface area (Å²) < 4.78 is 12.9. The van der Waals surface area contributed by atoms with Gasteiger partial charge in [-0.3, -0.25) is 4.79 Å². The van der Waals surface area contributed by atoms with E-state index in [1.807, 2.05) is 6.07 Å². The van der Waals surface area contributed by atoms with Crippen molar-refractivity contribution in [3.8, 4) is 6.07 Å². The molecular weight excluding hydrogens is 303 g/mol. The molecule has 2 aromatic carbocycles. The van der Waals surface area contributed by atoms with E-state index in [1.54, 1.807) is 25.1 Å². The van der Waals surface area contributed by atoms with Gasteiger partial charge in [0.15, 0.2) is 0 Å². The zero-order valence-corrected chi connectivity index (χ0v) is 12.5. The molecule has 1 amide bonds. The lowest BCUT2D eigenvalue weighted by atomic mass is 10.1. The molecule has 0 atom stereocenters. The molecular formula is C17H12ClFN2O. The summed E-state index contributed by atoms with van der Waals surface area (Å²) in [5, 5.41) is 12.4. The summed E-state index contributed by atoms with van der Waals surface area (Å²) in [5.74, 6) is -0.908. The Morgan fingerprint density at radius 2 is 1.95 bits per heavy atom. The third kappa shape index (κ3) is 3.94. The number of anilines is 1. The van der Waals surface area contributed by atoms with Gasteiger partial charge in [-0.15, -0.1) is 0 Å². The van der Waals surface area contributed by atoms with E-state index in [0.717, 1.165) is 5.56 Å². The fraction of sp³-hybridized carbons (Fsp3) is 0.0588. The number of nitrogens with zero attached hydrogens (tertiary/aromatic N) is 1. The molecule has 0 radical (unpaired) electrons. The second-order valence-electron chi connectivity index (χ2n) is 4.63. The van der Waals surface area contributed by atoms with Gasteiger partial charge >= 0.3 is 0 Å². The maximum atomic E-state index is 12.9. The van der Waals surface area contributed by atoms with E-state index in [-0.39, 0.29) is 11.4 Å². The number of hydrogen-bond donors (Lipinski definition) is 1. The van der Waals surface area contributed by atoms with E-state index in [0.29, 0.717) is 16.3 Å². The number of halogens is 2. The van der Waals surface area contributed by atoms with Crippen molar-refractivity contribution in [2.75, 3.05) is 5.32 Å². The third-order valence-corrected chi connectivity index (χ3v) is 3.22. The van der Waals surface area contributed by atoms with Crippen LogP contribution in [0.15, 0.2) is 48.0 Å². The van der Waals surface area contributed by atoms with E-state index >= 15 is 0 Å². The van der Waals surface area contributed by atoms with Gasteiger partial charge in [0.25, 0.3) is 5.91 Å². The maximum Gasteiger partial charge on any atom is 0.266 e. The molecule has 0 heterocycles. The molecule has 3 nitrogen and oxygen atoms in total. The molecule has 1 N–H and O–H groups in total. The smallest absolute Gasteiger partial charge is 0.266 e. The lowest BCUT2D eigenvalue weighted by molar-refractivity contribution is -0.112. The maximum absolute atomic E-state index is 12.9. The minimum atomic E-state index is -0.530. The molecule has 0 aromatic heterocycles. The summed E-state index contributed by atoms with van der Waals surface area (Å²) in [4.78, 5) is 12.1. The first kappa shape index (κ1) is 15.7. The zero-order valence-electron chi connectivity index (χ0n) is 11.7. The number of benzene rings is 2. The first-order valence-corrected chi connectivity index (χ1v) is 6.82. The molecule has 0 aliphatic heterocycles. The number of aryl methyl sites for hydroxylation is 1. The van der Waals surface area contributed by atoms with Crippen molar-refractivity contribution in [3.05, 3.63) is 70.0 Å². The second kappa shape index (κ2) is 6.88. The lowest BCUT2D eigenvalue weighted by Crippen LogP contribution is -2.14. The van der Waals surface area contributed by atoms with Crippen molar-refractivity contribution in [1.82, 2.24) is 0 Å². The predicted octanol–water partition coefficient (Wildman–Crippen LogP) is 4.33. The van der Waals surface area contributed by atoms with E-state index in [9.17, 15) is 9.18 Å². The van der Waals surface area contributed by atoms with Crippen LogP contribution in [0.3, 0.4) is 0 Å². The SMILES string of the molecule is Cc1cc(Cl)ccc1NC(=O)/C(C#N)=C/c1ccc(F)cc1. The second-order valence-corrected chi connectivity index (χ2v) is 5.07. The minimum Gasteiger partial charge on any atom is -0.321 e. The van der Waals surface area contributed by atoms with Crippen LogP contribution >= 0.6 is 11.6 Å². The Morgan fingerprint density at radius 3 is 2.55 bits per heavy atom. The highest BCUT2D eigenvalue weighted by molar-refractivity contribution is 6.30. The first-order chi connectivity index (χ1) is 10.5. The Hall–Kier alpha value is -2.64. The number of rotatable bonds is 3. The van der Waals surface area contributed by atoms with Gasteiger partial charge in [-0.05, 0) is 54.5 Å². The van der Waals surface area contributed by atoms with Crippen molar-refractivity contribution in [3.63, 3.8) is 0 Å². The molecule has 0 spiro atoms. The number of hydrogen-bond acceptors (Lipinski definition) is 2. The largest absolute Gasteiger partial charge is 0.321 e. The summed E-state index contributed by atoms with van der Waals surface area (Å²) in [6.45, 7) is 1.80. The van der Waals surface area contributed by atoms with Crippen LogP contribution in [0.4, 0.5) is 10.1 Å². The van der Waals surface area contributed by atoms with E-state index < -0.39 is 5.91 Å². The van der Waals surface area contributed by atoms with Crippen molar-refractivity contribution < 1.29 is 9.18 Å². The molecule has 0 unspecified atom stereocenters. The Morgan fingerprint density at radius 1 is 1.27 bits per heavy atom. The Balaban J connectivity index is 2.22. The molecule has 5 heteroatoms. The summed E-state index contributed by atoms with van der Waals surface area (Å²) in [7, 11) is 0. The molecule has 110 valence electrons. The Kier molecular flexibility index (Phi) is 4.92. The van der Waals surface area contributed by atoms with Gasteiger partial charge in [-0.2, -0.15) is 5.26 Å². The third-order valence-electron chi connectivity index (χ3n) is 2.98. The van der Waals surface area contributed by atoms with Gasteiger partial charge in [-0.1, -0.05) is 23.7 Å². The zero-order chi connectivity index (χ0) is 16.1. The van der Waals surface area contributed by atoms with Crippen molar-refractivity contribution in [2.24, 2.45) is 0 Å². The summed E-state index contributed by atoms with van der Waals surface area (Å²) in [6.07, 6.45) is 1.40. The van der Waals surface area contributed by atoms with Crippen LogP contribution in [0.1, 0.15) is 11.1 Å². The van der Waals surface area contributed by atoms with Crippen molar-refractivity contribution in [1.29, 1.82) is 5.26 Å². The average Bonchev–Trinajstić information content (AvgIpc) is 2.49. The lowest BCUT2D eigenvalue weighted by Gasteiger charge is -2.08. The Bertz CT molecular complexity index is 776. The number of nitrogens with one attached hydrogen (secondary N) is 1. The average molecular weight is 315 g/mol. The summed E-state index contributed by atoms with van der Waals surface area (Å²) in [6, 6.07) is 12.4. The monoisotopic (exact) mass is 314 g/mol. The van der Waals surface area contributed by atoms with Crippen LogP contribution in [0.5, 0.6) is 0 Å². The van der Waals surface area contributed by atoms with E-state index in [1.165, 1.54) is 30.3 Å². The molecule has 0 saturated heterocycles. The molecule has 0 saturated carbocycles. The van der Waals surface area contributed by atoms with Gasteiger partial charge in [-0.25, -0.2) is 4.39 Å². The predicted molar refractivity (Wildman–Crippen MR) is 84.8 cm³/mol. The van der Waals surface area contributed by atoms with Crippen LogP contribution in [0, 0.1) is 24.1 Å². The van der Waals surface area contributed by atoms with Crippen LogP contribution in [-0.4, -0.2) is 5.91 Å². The standard InChI is InChI=1S/C17H12ClFN2O/c1-11-8-14(18)4-7-16(11)21-17(22)13(10-20)9-12-2-5-15(19)6-3-12/h2-9H,1H3,(H,21,22)/b13-9+. The van der Waals surface area contributed by atoms with Crippen LogP contribution in [0.2, 0.25) is 5.02 Å². The highest BCUT2D eigenvalue weighted by Gasteiger charge is 2.11. The van der Waals surface area contributed by atoms with Crippen LogP contribution in [-0.2, 0) is 4.79 Å². The van der Waals surface area contributed by atoms with Gasteiger partial charge < -0.3 is 5.32 Å². The summed E-state index contributed by atoms with van der Waals surface area (Å²) >= 11 is 5.86. The number of carbonyl (C=O) groups is 1. The molecule has 2 aromatic rings. The van der Waals surface area contributed by atoms with Crippen LogP contribution < -0.4 is 5.32 Å². The highest BCUT2D eigenvalue weighted by atomic mass is 35.5. The molecule has 0 fully saturated rings. The quantitative estimate of drug-likeness (QED) is 0.677. The number of amides is 1. The van der Waals surface area contributed by atoms with Crippen LogP contribution in [0.25, 0.3) is 6.08 Å². The normalized spacial score (nSPS) is 10.9. The van der Waals surface area contributed by atoms with E-state index in [4.69, 9.17) is 16.9 Å². The summed E-state index contributed by atoms with van der Waals surface area (Å²) in [5.41, 5.74) is 1.87. The minimum absolute atomic E-state index is 0.0686. The van der Waals surface area contributed by atoms with Crippen molar-refractivity contribution in [2.45, 2.75) is 6.92 Å². The molecule has 0 aliphatic rings. The molecule has 0 bridgehead atoms. The van der Waals surface area contributed by atoms with Gasteiger partial charge in [0.1, 0.15) is 17.5 Å². The molecule has 2 rings (SSSR count). The van der Waals surface area contributed by atoms with Crippen molar-refractivity contribution >= 4 is 29.3 Å². The molecule has 22 heavy (non-hydrogen) atoms. The highest BCUT2D eigenvalue weighted by Crippen LogP contribution is 2.20. The fourth-order valence-corrected chi connectivity index (χ4v) is 2.06. The number of carbonyl (C=O) groups excluding carboxylic acids is 1. The topological polar surface area (TPSA) is 52.9 Å². The Labute approximate surface area is 132 Å². The first-order valence-electron chi connectivity index (χ1n) is 6.44. The molecule has 0 aliphatic carbocycles. The number of nitriles is 1. The van der Waals surface area contributed by atoms with Gasteiger partial charge in [0, 0.05) is 10.7 Å². The van der Waals surface area contributed by atoms with Gasteiger partial charge in [0.2, 0.25) is 0 Å².